The van der Waals surface area contributed by atoms with Gasteiger partial charge in [0.2, 0.25) is 0 Å². The molecular formula is C14H13ClINO. The maximum Gasteiger partial charge on any atom is 0.135 e. The normalized spacial score (nSPS) is 15.0. The van der Waals surface area contributed by atoms with Crippen LogP contribution in [-0.4, -0.2) is 6.04 Å². The average Bonchev–Trinajstić information content (AvgIpc) is 3.05. The first kappa shape index (κ1) is 12.5. The first-order valence-corrected chi connectivity index (χ1v) is 7.45. The van der Waals surface area contributed by atoms with Crippen LogP contribution in [0.3, 0.4) is 0 Å². The van der Waals surface area contributed by atoms with E-state index in [1.165, 1.54) is 12.8 Å². The molecule has 0 unspecified atom stereocenters. The van der Waals surface area contributed by atoms with E-state index in [4.69, 9.17) is 16.0 Å². The van der Waals surface area contributed by atoms with Crippen molar-refractivity contribution >= 4 is 34.2 Å². The fraction of sp³-hybridized carbons (Fsp3) is 0.286. The van der Waals surface area contributed by atoms with Crippen molar-refractivity contribution in [3.63, 3.8) is 0 Å². The molecule has 2 nitrogen and oxygen atoms in total. The van der Waals surface area contributed by atoms with Gasteiger partial charge in [0.05, 0.1) is 11.6 Å². The minimum atomic E-state index is 0.695. The Morgan fingerprint density at radius 1 is 1.28 bits per heavy atom. The number of hydrogen-bond acceptors (Lipinski definition) is 2. The topological polar surface area (TPSA) is 25.2 Å². The second kappa shape index (κ2) is 5.23. The van der Waals surface area contributed by atoms with Gasteiger partial charge in [-0.1, -0.05) is 11.6 Å². The lowest BCUT2D eigenvalue weighted by molar-refractivity contribution is 0.492. The van der Waals surface area contributed by atoms with Gasteiger partial charge in [-0.2, -0.15) is 0 Å². The van der Waals surface area contributed by atoms with Gasteiger partial charge in [-0.05, 0) is 65.8 Å². The van der Waals surface area contributed by atoms with Crippen molar-refractivity contribution in [3.8, 4) is 11.3 Å². The molecule has 0 atom stereocenters. The molecule has 0 amide bonds. The monoisotopic (exact) mass is 373 g/mol. The summed E-state index contributed by atoms with van der Waals surface area (Å²) in [6.45, 7) is 0.798. The van der Waals surface area contributed by atoms with Gasteiger partial charge >= 0.3 is 0 Å². The van der Waals surface area contributed by atoms with Gasteiger partial charge in [-0.3, -0.25) is 0 Å². The van der Waals surface area contributed by atoms with E-state index in [0.717, 1.165) is 32.2 Å². The molecule has 1 aromatic heterocycles. The Hall–Kier alpha value is -0.520. The Kier molecular flexibility index (Phi) is 3.63. The maximum absolute atomic E-state index is 6.23. The molecule has 1 aliphatic rings. The molecule has 3 rings (SSSR count). The Morgan fingerprint density at radius 3 is 2.83 bits per heavy atom. The van der Waals surface area contributed by atoms with Crippen LogP contribution < -0.4 is 5.32 Å². The van der Waals surface area contributed by atoms with E-state index in [1.54, 1.807) is 0 Å². The smallest absolute Gasteiger partial charge is 0.135 e. The van der Waals surface area contributed by atoms with E-state index in [1.807, 2.05) is 30.3 Å². The summed E-state index contributed by atoms with van der Waals surface area (Å²) in [6.07, 6.45) is 2.58. The first-order valence-electron chi connectivity index (χ1n) is 6.00. The van der Waals surface area contributed by atoms with Crippen LogP contribution >= 0.6 is 34.2 Å². The molecule has 1 fully saturated rings. The van der Waals surface area contributed by atoms with E-state index in [2.05, 4.69) is 27.9 Å². The molecule has 0 bridgehead atoms. The van der Waals surface area contributed by atoms with Crippen molar-refractivity contribution < 1.29 is 4.42 Å². The number of hydrogen-bond donors (Lipinski definition) is 1. The van der Waals surface area contributed by atoms with E-state index >= 15 is 0 Å². The quantitative estimate of drug-likeness (QED) is 0.801. The summed E-state index contributed by atoms with van der Waals surface area (Å²) >= 11 is 8.48. The molecule has 2 aromatic rings. The second-order valence-corrected chi connectivity index (χ2v) is 6.20. The molecule has 18 heavy (non-hydrogen) atoms. The highest BCUT2D eigenvalue weighted by molar-refractivity contribution is 14.1. The van der Waals surface area contributed by atoms with Crippen molar-refractivity contribution in [1.82, 2.24) is 5.32 Å². The minimum Gasteiger partial charge on any atom is -0.460 e. The third-order valence-corrected chi connectivity index (χ3v) is 3.98. The van der Waals surface area contributed by atoms with Crippen molar-refractivity contribution in [3.05, 3.63) is 44.7 Å². The molecule has 0 radical (unpaired) electrons. The van der Waals surface area contributed by atoms with E-state index in [-0.39, 0.29) is 0 Å². The summed E-state index contributed by atoms with van der Waals surface area (Å²) in [4.78, 5) is 0. The number of nitrogens with one attached hydrogen (secondary N) is 1. The Bertz CT molecular complexity index is 563. The predicted octanol–water partition coefficient (Wildman–Crippen LogP) is 4.46. The van der Waals surface area contributed by atoms with Crippen molar-refractivity contribution in [2.24, 2.45) is 0 Å². The Balaban J connectivity index is 1.78. The number of rotatable bonds is 4. The van der Waals surface area contributed by atoms with Crippen molar-refractivity contribution in [2.45, 2.75) is 25.4 Å². The highest BCUT2D eigenvalue weighted by Crippen LogP contribution is 2.30. The lowest BCUT2D eigenvalue weighted by Gasteiger charge is -2.02. The zero-order valence-electron chi connectivity index (χ0n) is 9.75. The molecule has 1 heterocycles. The second-order valence-electron chi connectivity index (χ2n) is 4.55. The largest absolute Gasteiger partial charge is 0.460 e. The van der Waals surface area contributed by atoms with Crippen LogP contribution in [0.15, 0.2) is 34.7 Å². The van der Waals surface area contributed by atoms with Gasteiger partial charge in [-0.15, -0.1) is 0 Å². The van der Waals surface area contributed by atoms with E-state index in [0.29, 0.717) is 6.04 Å². The standard InChI is InChI=1S/C14H13ClINO/c15-13-7-9(16)1-5-12(13)14-6-4-11(18-14)8-17-10-2-3-10/h1,4-7,10,17H,2-3,8H2. The molecule has 94 valence electrons. The Labute approximate surface area is 125 Å². The summed E-state index contributed by atoms with van der Waals surface area (Å²) in [6, 6.07) is 10.7. The van der Waals surface area contributed by atoms with Gasteiger partial charge in [0.25, 0.3) is 0 Å². The number of halogens is 2. The van der Waals surface area contributed by atoms with Crippen LogP contribution in [0.4, 0.5) is 0 Å². The molecular weight excluding hydrogens is 361 g/mol. The summed E-state index contributed by atoms with van der Waals surface area (Å²) < 4.78 is 6.95. The fourth-order valence-corrected chi connectivity index (χ4v) is 2.79. The van der Waals surface area contributed by atoms with Gasteiger partial charge in [-0.25, -0.2) is 0 Å². The van der Waals surface area contributed by atoms with Gasteiger partial charge in [0, 0.05) is 15.2 Å². The van der Waals surface area contributed by atoms with Crippen LogP contribution in [-0.2, 0) is 6.54 Å². The van der Waals surface area contributed by atoms with Crippen LogP contribution in [0.2, 0.25) is 5.02 Å². The molecule has 1 saturated carbocycles. The van der Waals surface area contributed by atoms with Crippen LogP contribution in [0.1, 0.15) is 18.6 Å². The molecule has 1 aliphatic carbocycles. The highest BCUT2D eigenvalue weighted by Gasteiger charge is 2.20. The molecule has 1 N–H and O–H groups in total. The third-order valence-electron chi connectivity index (χ3n) is 3.00. The summed E-state index contributed by atoms with van der Waals surface area (Å²) in [5.41, 5.74) is 0.953. The van der Waals surface area contributed by atoms with Gasteiger partial charge in [0.1, 0.15) is 11.5 Å². The lowest BCUT2D eigenvalue weighted by atomic mass is 10.2. The van der Waals surface area contributed by atoms with Gasteiger partial charge < -0.3 is 9.73 Å². The van der Waals surface area contributed by atoms with Gasteiger partial charge in [0.15, 0.2) is 0 Å². The van der Waals surface area contributed by atoms with Crippen LogP contribution in [0, 0.1) is 3.57 Å². The van der Waals surface area contributed by atoms with E-state index < -0.39 is 0 Å². The summed E-state index contributed by atoms with van der Waals surface area (Å²) in [5.74, 6) is 1.80. The van der Waals surface area contributed by atoms with E-state index in [9.17, 15) is 0 Å². The molecule has 4 heteroatoms. The maximum atomic E-state index is 6.23. The lowest BCUT2D eigenvalue weighted by Crippen LogP contribution is -2.14. The average molecular weight is 374 g/mol. The molecule has 1 aromatic carbocycles. The first-order chi connectivity index (χ1) is 8.72. The zero-order chi connectivity index (χ0) is 12.5. The zero-order valence-corrected chi connectivity index (χ0v) is 12.7. The highest BCUT2D eigenvalue weighted by atomic mass is 127. The molecule has 0 spiro atoms. The molecule has 0 aliphatic heterocycles. The summed E-state index contributed by atoms with van der Waals surface area (Å²) in [7, 11) is 0. The van der Waals surface area contributed by atoms with Crippen LogP contribution in [0.5, 0.6) is 0 Å². The number of benzene rings is 1. The predicted molar refractivity (Wildman–Crippen MR) is 81.7 cm³/mol. The van der Waals surface area contributed by atoms with Crippen molar-refractivity contribution in [1.29, 1.82) is 0 Å². The SMILES string of the molecule is Clc1cc(I)ccc1-c1ccc(CNC2CC2)o1. The Morgan fingerprint density at radius 2 is 2.11 bits per heavy atom. The fourth-order valence-electron chi connectivity index (χ4n) is 1.84. The minimum absolute atomic E-state index is 0.695. The van der Waals surface area contributed by atoms with Crippen LogP contribution in [0.25, 0.3) is 11.3 Å². The number of furan rings is 1. The van der Waals surface area contributed by atoms with Crippen molar-refractivity contribution in [2.75, 3.05) is 0 Å². The third kappa shape index (κ3) is 2.90. The molecule has 0 saturated heterocycles. The summed E-state index contributed by atoms with van der Waals surface area (Å²) in [5, 5.41) is 4.17.